The van der Waals surface area contributed by atoms with Crippen LogP contribution in [-0.4, -0.2) is 37.2 Å². The van der Waals surface area contributed by atoms with Gasteiger partial charge >= 0.3 is 17.9 Å². The predicted molar refractivity (Wildman–Crippen MR) is 251 cm³/mol. The topological polar surface area (TPSA) is 78.9 Å². The molecule has 0 bridgehead atoms. The molecule has 6 nitrogen and oxygen atoms in total. The van der Waals surface area contributed by atoms with Crippen LogP contribution in [-0.2, 0) is 28.6 Å². The highest BCUT2D eigenvalue weighted by Gasteiger charge is 2.19. The van der Waals surface area contributed by atoms with Crippen molar-refractivity contribution in [3.05, 3.63) is 72.9 Å². The van der Waals surface area contributed by atoms with E-state index in [9.17, 15) is 14.4 Å². The fourth-order valence-corrected chi connectivity index (χ4v) is 6.41. The smallest absolute Gasteiger partial charge is 0.306 e. The molecule has 0 aliphatic heterocycles. The summed E-state index contributed by atoms with van der Waals surface area (Å²) in [6, 6.07) is 0. The zero-order valence-electron chi connectivity index (χ0n) is 38.5. The highest BCUT2D eigenvalue weighted by Crippen LogP contribution is 2.12. The summed E-state index contributed by atoms with van der Waals surface area (Å²) in [4.78, 5) is 37.8. The standard InChI is InChI=1S/C53H90O6/c1-4-7-10-13-16-19-22-24-26-27-28-30-31-34-37-40-43-46-52(55)58-49-50(48-57-51(54)45-42-39-36-33-21-18-15-12-9-6-3)59-53(56)47-44-41-38-35-32-29-25-23-20-17-14-11-8-5-2/h15-16,18-19,24,26,28-30,32,34,37,50H,4-14,17,20-23,25,27,31,33,35-36,38-49H2,1-3H3/b18-15-,19-16-,26-24-,30-28-,32-29-,37-34-. The quantitative estimate of drug-likeness (QED) is 0.0264. The highest BCUT2D eigenvalue weighted by molar-refractivity contribution is 5.71. The minimum atomic E-state index is -0.807. The minimum absolute atomic E-state index is 0.105. The summed E-state index contributed by atoms with van der Waals surface area (Å²) in [5, 5.41) is 0. The average molecular weight is 823 g/mol. The van der Waals surface area contributed by atoms with Gasteiger partial charge in [-0.3, -0.25) is 14.4 Å². The molecule has 0 saturated heterocycles. The van der Waals surface area contributed by atoms with Crippen molar-refractivity contribution in [2.24, 2.45) is 0 Å². The van der Waals surface area contributed by atoms with E-state index in [4.69, 9.17) is 14.2 Å². The van der Waals surface area contributed by atoms with E-state index in [1.54, 1.807) is 0 Å². The molecule has 0 aromatic heterocycles. The van der Waals surface area contributed by atoms with E-state index < -0.39 is 6.10 Å². The molecular weight excluding hydrogens is 733 g/mol. The first kappa shape index (κ1) is 55.9. The Kier molecular flexibility index (Phi) is 45.0. The minimum Gasteiger partial charge on any atom is -0.462 e. The molecule has 1 unspecified atom stereocenters. The van der Waals surface area contributed by atoms with Gasteiger partial charge in [-0.05, 0) is 103 Å². The Balaban J connectivity index is 4.49. The molecule has 0 amide bonds. The second-order valence-corrected chi connectivity index (χ2v) is 16.0. The summed E-state index contributed by atoms with van der Waals surface area (Å²) >= 11 is 0. The molecule has 0 saturated carbocycles. The molecule has 338 valence electrons. The maximum Gasteiger partial charge on any atom is 0.306 e. The zero-order chi connectivity index (χ0) is 43.0. The molecule has 0 aliphatic carbocycles. The van der Waals surface area contributed by atoms with Gasteiger partial charge < -0.3 is 14.2 Å². The number of allylic oxidation sites excluding steroid dienone is 12. The van der Waals surface area contributed by atoms with Gasteiger partial charge in [0.2, 0.25) is 0 Å². The second kappa shape index (κ2) is 47.5. The Morgan fingerprint density at radius 3 is 1.14 bits per heavy atom. The van der Waals surface area contributed by atoms with Crippen LogP contribution < -0.4 is 0 Å². The normalized spacial score (nSPS) is 12.7. The van der Waals surface area contributed by atoms with Crippen LogP contribution in [0.2, 0.25) is 0 Å². The second-order valence-electron chi connectivity index (χ2n) is 16.0. The molecular formula is C53H90O6. The molecule has 1 atom stereocenters. The van der Waals surface area contributed by atoms with Crippen LogP contribution in [0.1, 0.15) is 226 Å². The molecule has 0 fully saturated rings. The van der Waals surface area contributed by atoms with Crippen molar-refractivity contribution in [2.45, 2.75) is 232 Å². The number of carbonyl (C=O) groups excluding carboxylic acids is 3. The Morgan fingerprint density at radius 2 is 0.644 bits per heavy atom. The monoisotopic (exact) mass is 823 g/mol. The van der Waals surface area contributed by atoms with Crippen LogP contribution in [0.4, 0.5) is 0 Å². The maximum atomic E-state index is 12.7. The van der Waals surface area contributed by atoms with Crippen molar-refractivity contribution in [3.63, 3.8) is 0 Å². The molecule has 0 spiro atoms. The number of rotatable bonds is 43. The lowest BCUT2D eigenvalue weighted by molar-refractivity contribution is -0.167. The molecule has 6 heteroatoms. The third kappa shape index (κ3) is 45.8. The van der Waals surface area contributed by atoms with E-state index in [-0.39, 0.29) is 37.5 Å². The Hall–Kier alpha value is -3.15. The van der Waals surface area contributed by atoms with Gasteiger partial charge in [-0.1, -0.05) is 177 Å². The summed E-state index contributed by atoms with van der Waals surface area (Å²) in [6.45, 7) is 6.48. The average Bonchev–Trinajstić information content (AvgIpc) is 3.23. The summed E-state index contributed by atoms with van der Waals surface area (Å²) in [6.07, 6.45) is 58.9. The van der Waals surface area contributed by atoms with E-state index in [0.29, 0.717) is 19.3 Å². The van der Waals surface area contributed by atoms with Crippen molar-refractivity contribution in [1.82, 2.24) is 0 Å². The van der Waals surface area contributed by atoms with Crippen molar-refractivity contribution in [3.8, 4) is 0 Å². The van der Waals surface area contributed by atoms with Crippen molar-refractivity contribution < 1.29 is 28.6 Å². The largest absolute Gasteiger partial charge is 0.462 e. The van der Waals surface area contributed by atoms with E-state index in [2.05, 4.69) is 93.7 Å². The summed E-state index contributed by atoms with van der Waals surface area (Å²) in [7, 11) is 0. The number of hydrogen-bond acceptors (Lipinski definition) is 6. The number of hydrogen-bond donors (Lipinski definition) is 0. The molecule has 0 aliphatic rings. The van der Waals surface area contributed by atoms with Crippen LogP contribution in [0.15, 0.2) is 72.9 Å². The van der Waals surface area contributed by atoms with E-state index >= 15 is 0 Å². The summed E-state index contributed by atoms with van der Waals surface area (Å²) < 4.78 is 16.7. The van der Waals surface area contributed by atoms with E-state index in [1.165, 1.54) is 83.5 Å². The first-order valence-electron chi connectivity index (χ1n) is 24.4. The molecule has 0 heterocycles. The molecule has 0 rings (SSSR count). The molecule has 59 heavy (non-hydrogen) atoms. The first-order valence-corrected chi connectivity index (χ1v) is 24.4. The lowest BCUT2D eigenvalue weighted by Gasteiger charge is -2.18. The number of esters is 3. The van der Waals surface area contributed by atoms with Gasteiger partial charge in [0.25, 0.3) is 0 Å². The third-order valence-corrected chi connectivity index (χ3v) is 10.2. The fraction of sp³-hybridized carbons (Fsp3) is 0.717. The fourth-order valence-electron chi connectivity index (χ4n) is 6.41. The van der Waals surface area contributed by atoms with Gasteiger partial charge in [-0.2, -0.15) is 0 Å². The molecule has 0 aromatic rings. The molecule has 0 N–H and O–H groups in total. The predicted octanol–water partition coefficient (Wildman–Crippen LogP) is 15.9. The van der Waals surface area contributed by atoms with Gasteiger partial charge in [0.15, 0.2) is 6.10 Å². The highest BCUT2D eigenvalue weighted by atomic mass is 16.6. The van der Waals surface area contributed by atoms with Crippen LogP contribution in [0.25, 0.3) is 0 Å². The van der Waals surface area contributed by atoms with Gasteiger partial charge in [0, 0.05) is 19.3 Å². The van der Waals surface area contributed by atoms with Crippen molar-refractivity contribution in [1.29, 1.82) is 0 Å². The molecule has 0 radical (unpaired) electrons. The van der Waals surface area contributed by atoms with Crippen LogP contribution in [0.5, 0.6) is 0 Å². The molecule has 0 aromatic carbocycles. The maximum absolute atomic E-state index is 12.7. The Bertz CT molecular complexity index is 1130. The van der Waals surface area contributed by atoms with Crippen molar-refractivity contribution >= 4 is 17.9 Å². The van der Waals surface area contributed by atoms with E-state index in [0.717, 1.165) is 96.3 Å². The third-order valence-electron chi connectivity index (χ3n) is 10.2. The van der Waals surface area contributed by atoms with Gasteiger partial charge in [0.05, 0.1) is 0 Å². The van der Waals surface area contributed by atoms with Gasteiger partial charge in [0.1, 0.15) is 13.2 Å². The summed E-state index contributed by atoms with van der Waals surface area (Å²) in [5.74, 6) is -0.995. The van der Waals surface area contributed by atoms with Crippen LogP contribution in [0, 0.1) is 0 Å². The van der Waals surface area contributed by atoms with Gasteiger partial charge in [-0.25, -0.2) is 0 Å². The number of unbranched alkanes of at least 4 members (excludes halogenated alkanes) is 20. The number of ether oxygens (including phenoxy) is 3. The lowest BCUT2D eigenvalue weighted by Crippen LogP contribution is -2.30. The van der Waals surface area contributed by atoms with Crippen LogP contribution in [0.3, 0.4) is 0 Å². The Morgan fingerprint density at radius 1 is 0.339 bits per heavy atom. The van der Waals surface area contributed by atoms with Crippen LogP contribution >= 0.6 is 0 Å². The Labute approximate surface area is 363 Å². The summed E-state index contributed by atoms with van der Waals surface area (Å²) in [5.41, 5.74) is 0. The first-order chi connectivity index (χ1) is 29.0. The zero-order valence-corrected chi connectivity index (χ0v) is 38.5. The SMILES string of the molecule is CCCC/C=C\CCCCCCC(=O)OCC(COC(=O)CCC/C=C\C/C=C\C/C=C\C/C=C\CCCCC)OC(=O)CCCCC/C=C\CCCCCCCCC. The van der Waals surface area contributed by atoms with E-state index in [1.807, 2.05) is 0 Å². The van der Waals surface area contributed by atoms with Crippen molar-refractivity contribution in [2.75, 3.05) is 13.2 Å². The lowest BCUT2D eigenvalue weighted by atomic mass is 10.1. The van der Waals surface area contributed by atoms with Gasteiger partial charge in [-0.15, -0.1) is 0 Å². The number of carbonyl (C=O) groups is 3.